The van der Waals surface area contributed by atoms with E-state index in [-0.39, 0.29) is 53.5 Å². The third kappa shape index (κ3) is 11.8. The first kappa shape index (κ1) is 52.3. The summed E-state index contributed by atoms with van der Waals surface area (Å²) in [5.74, 6) is -1.12. The van der Waals surface area contributed by atoms with E-state index in [9.17, 15) is 41.0 Å². The molecule has 0 spiro atoms. The zero-order valence-electron chi connectivity index (χ0n) is 41.4. The summed E-state index contributed by atoms with van der Waals surface area (Å²) in [6.07, 6.45) is -2.92. The van der Waals surface area contributed by atoms with Gasteiger partial charge >= 0.3 is 12.4 Å². The Kier molecular flexibility index (Phi) is 14.8. The summed E-state index contributed by atoms with van der Waals surface area (Å²) in [5, 5.41) is 28.8. The number of carbonyl (C=O) groups is 2. The standard InChI is InChI=1S/C57H58F6N10O3/c58-56(59,60)50-30-48(72(69-50)45-16-4-8-36(26-45)32-64)53(74)67-43-14-5-9-37(27-43)47(23-20-35-18-19-35)71-25-24-39(33-71)52(65)38-10-6-17-46(28-38)73-49(31-51(70-73)57(61,62)63)54(75)68-44-15-7-13-41(29-44)55(76,34-66-42-21-22-42)40-11-2-1-3-12-40/h1-17,26-31,35,39,42,47,52,66,76H,18-25,32-34,64-65H2,(H,67,74)(H,68,75). The van der Waals surface area contributed by atoms with Gasteiger partial charge in [-0.05, 0) is 127 Å². The lowest BCUT2D eigenvalue weighted by atomic mass is 9.86. The zero-order valence-corrected chi connectivity index (χ0v) is 41.4. The number of amides is 2. The molecule has 1 saturated heterocycles. The largest absolute Gasteiger partial charge is 0.435 e. The van der Waals surface area contributed by atoms with Crippen LogP contribution in [0.15, 0.2) is 140 Å². The maximum Gasteiger partial charge on any atom is 0.435 e. The molecule has 2 amide bonds. The third-order valence-corrected chi connectivity index (χ3v) is 14.7. The number of aliphatic hydroxyl groups is 1. The van der Waals surface area contributed by atoms with E-state index < -0.39 is 47.2 Å². The number of hydrogen-bond acceptors (Lipinski definition) is 9. The monoisotopic (exact) mass is 1040 g/mol. The van der Waals surface area contributed by atoms with E-state index in [0.717, 1.165) is 59.5 Å². The molecule has 13 nitrogen and oxygen atoms in total. The van der Waals surface area contributed by atoms with Gasteiger partial charge in [-0.15, -0.1) is 0 Å². The second-order valence-electron chi connectivity index (χ2n) is 20.2. The van der Waals surface area contributed by atoms with E-state index in [1.54, 1.807) is 84.9 Å². The summed E-state index contributed by atoms with van der Waals surface area (Å²) in [7, 11) is 0. The predicted molar refractivity (Wildman–Crippen MR) is 276 cm³/mol. The summed E-state index contributed by atoms with van der Waals surface area (Å²) in [5.41, 5.74) is 12.6. The van der Waals surface area contributed by atoms with Crippen LogP contribution in [0.2, 0.25) is 0 Å². The molecule has 4 unspecified atom stereocenters. The number of rotatable bonds is 19. The van der Waals surface area contributed by atoms with Crippen LogP contribution in [0.4, 0.5) is 37.7 Å². The van der Waals surface area contributed by atoms with Crippen molar-refractivity contribution in [3.05, 3.63) is 190 Å². The number of benzene rings is 5. The first-order chi connectivity index (χ1) is 36.4. The average Bonchev–Trinajstić information content (AvgIpc) is 4.27. The summed E-state index contributed by atoms with van der Waals surface area (Å²) in [6, 6.07) is 37.3. The van der Waals surface area contributed by atoms with Crippen LogP contribution in [-0.2, 0) is 24.5 Å². The highest BCUT2D eigenvalue weighted by Gasteiger charge is 2.40. The number of nitrogens with two attached hydrogens (primary N) is 2. The van der Waals surface area contributed by atoms with Gasteiger partial charge in [0, 0.05) is 61.3 Å². The molecule has 396 valence electrons. The number of anilines is 2. The van der Waals surface area contributed by atoms with Crippen LogP contribution in [-0.4, -0.2) is 67.1 Å². The van der Waals surface area contributed by atoms with Gasteiger partial charge in [0.1, 0.15) is 17.0 Å². The molecule has 2 aromatic heterocycles. The Morgan fingerprint density at radius 1 is 0.658 bits per heavy atom. The molecule has 3 heterocycles. The van der Waals surface area contributed by atoms with Crippen molar-refractivity contribution < 1.29 is 41.0 Å². The minimum Gasteiger partial charge on any atom is -0.379 e. The Labute approximate surface area is 435 Å². The van der Waals surface area contributed by atoms with Crippen molar-refractivity contribution in [1.82, 2.24) is 29.8 Å². The van der Waals surface area contributed by atoms with Gasteiger partial charge in [-0.1, -0.05) is 91.7 Å². The highest BCUT2D eigenvalue weighted by molar-refractivity contribution is 6.04. The van der Waals surface area contributed by atoms with E-state index in [4.69, 9.17) is 11.5 Å². The summed E-state index contributed by atoms with van der Waals surface area (Å²) in [4.78, 5) is 30.3. The fraction of sp³-hybridized carbons (Fsp3) is 0.333. The van der Waals surface area contributed by atoms with Crippen molar-refractivity contribution in [3.8, 4) is 11.4 Å². The van der Waals surface area contributed by atoms with Crippen molar-refractivity contribution in [2.75, 3.05) is 30.3 Å². The number of halogens is 6. The highest BCUT2D eigenvalue weighted by atomic mass is 19.4. The summed E-state index contributed by atoms with van der Waals surface area (Å²) < 4.78 is 86.9. The van der Waals surface area contributed by atoms with Crippen LogP contribution >= 0.6 is 0 Å². The molecule has 7 aromatic rings. The fourth-order valence-electron chi connectivity index (χ4n) is 10.2. The highest BCUT2D eigenvalue weighted by Crippen LogP contribution is 2.42. The van der Waals surface area contributed by atoms with Crippen LogP contribution in [0.25, 0.3) is 11.4 Å². The van der Waals surface area contributed by atoms with Crippen LogP contribution in [0, 0.1) is 11.8 Å². The Bertz CT molecular complexity index is 3210. The van der Waals surface area contributed by atoms with E-state index in [0.29, 0.717) is 65.5 Å². The average molecular weight is 1050 g/mol. The number of nitrogens with zero attached hydrogens (tertiary/aromatic N) is 5. The molecular weight excluding hydrogens is 987 g/mol. The first-order valence-corrected chi connectivity index (χ1v) is 25.5. The molecule has 2 saturated carbocycles. The van der Waals surface area contributed by atoms with Crippen LogP contribution < -0.4 is 27.4 Å². The number of likely N-dealkylation sites (tertiary alicyclic amines) is 1. The van der Waals surface area contributed by atoms with Gasteiger partial charge in [0.25, 0.3) is 11.8 Å². The van der Waals surface area contributed by atoms with Gasteiger partial charge < -0.3 is 32.5 Å². The minimum absolute atomic E-state index is 0.0881. The van der Waals surface area contributed by atoms with Crippen LogP contribution in [0.3, 0.4) is 0 Å². The molecule has 3 aliphatic rings. The summed E-state index contributed by atoms with van der Waals surface area (Å²) >= 11 is 0. The second kappa shape index (κ2) is 21.5. The van der Waals surface area contributed by atoms with Gasteiger partial charge in [-0.3, -0.25) is 14.5 Å². The number of hydrogen-bond donors (Lipinski definition) is 6. The molecule has 3 fully saturated rings. The van der Waals surface area contributed by atoms with Crippen molar-refractivity contribution in [2.45, 2.75) is 87.6 Å². The molecule has 10 rings (SSSR count). The van der Waals surface area contributed by atoms with Gasteiger partial charge in [-0.25, -0.2) is 9.36 Å². The van der Waals surface area contributed by atoms with Gasteiger partial charge in [-0.2, -0.15) is 36.5 Å². The van der Waals surface area contributed by atoms with Gasteiger partial charge in [0.2, 0.25) is 0 Å². The molecule has 5 aromatic carbocycles. The number of alkyl halides is 6. The van der Waals surface area contributed by atoms with Crippen LogP contribution in [0.5, 0.6) is 0 Å². The lowest BCUT2D eigenvalue weighted by Crippen LogP contribution is -2.40. The third-order valence-electron chi connectivity index (χ3n) is 14.7. The molecule has 1 aliphatic heterocycles. The molecule has 19 heteroatoms. The van der Waals surface area contributed by atoms with E-state index in [1.165, 1.54) is 0 Å². The Hall–Kier alpha value is -7.16. The molecule has 4 atom stereocenters. The topological polar surface area (TPSA) is 181 Å². The van der Waals surface area contributed by atoms with Crippen molar-refractivity contribution in [3.63, 3.8) is 0 Å². The van der Waals surface area contributed by atoms with Gasteiger partial charge in [0.05, 0.1) is 11.4 Å². The van der Waals surface area contributed by atoms with Gasteiger partial charge in [0.15, 0.2) is 11.4 Å². The fourth-order valence-corrected chi connectivity index (χ4v) is 10.2. The zero-order chi connectivity index (χ0) is 53.4. The van der Waals surface area contributed by atoms with Crippen molar-refractivity contribution >= 4 is 23.2 Å². The number of nitrogens with one attached hydrogen (secondary N) is 3. The predicted octanol–water partition coefficient (Wildman–Crippen LogP) is 10.3. The lowest BCUT2D eigenvalue weighted by molar-refractivity contribution is -0.142. The number of carbonyl (C=O) groups excluding carboxylic acids is 2. The normalized spacial score (nSPS) is 17.8. The quantitative estimate of drug-likeness (QED) is 0.0430. The Morgan fingerprint density at radius 2 is 1.24 bits per heavy atom. The van der Waals surface area contributed by atoms with Crippen molar-refractivity contribution in [2.24, 2.45) is 23.3 Å². The Balaban J connectivity index is 0.865. The smallest absolute Gasteiger partial charge is 0.379 e. The molecule has 76 heavy (non-hydrogen) atoms. The second-order valence-corrected chi connectivity index (χ2v) is 20.2. The molecule has 0 bridgehead atoms. The molecule has 2 aliphatic carbocycles. The minimum atomic E-state index is -4.87. The van der Waals surface area contributed by atoms with Crippen LogP contribution in [0.1, 0.15) is 117 Å². The lowest BCUT2D eigenvalue weighted by Gasteiger charge is -2.30. The van der Waals surface area contributed by atoms with Crippen molar-refractivity contribution in [1.29, 1.82) is 0 Å². The maximum atomic E-state index is 14.4. The molecular formula is C57H58F6N10O3. The van der Waals surface area contributed by atoms with E-state index in [2.05, 4.69) is 31.0 Å². The van der Waals surface area contributed by atoms with E-state index in [1.807, 2.05) is 42.5 Å². The number of aromatic nitrogens is 4. The maximum absolute atomic E-state index is 14.4. The Morgan fingerprint density at radius 3 is 1.86 bits per heavy atom. The first-order valence-electron chi connectivity index (χ1n) is 25.5. The summed E-state index contributed by atoms with van der Waals surface area (Å²) in [6.45, 7) is 1.59. The molecule has 0 radical (unpaired) electrons. The molecule has 8 N–H and O–H groups in total. The SMILES string of the molecule is NCc1cccc(-n2nc(C(F)(F)F)cc2C(=O)Nc2cccc(C(CCC3CC3)N3CCC(C(N)c4cccc(-n5nc(C(F)(F)F)cc5C(=O)Nc5cccc(C(O)(CNC6CC6)c6ccccc6)c5)c4)C3)c2)c1. The van der Waals surface area contributed by atoms with E-state index >= 15 is 0 Å².